The smallest absolute Gasteiger partial charge is 0.211 e. The van der Waals surface area contributed by atoms with Gasteiger partial charge in [0.2, 0.25) is 10.0 Å². The summed E-state index contributed by atoms with van der Waals surface area (Å²) < 4.78 is 25.8. The van der Waals surface area contributed by atoms with Gasteiger partial charge in [-0.2, -0.15) is 5.26 Å². The summed E-state index contributed by atoms with van der Waals surface area (Å²) in [4.78, 5) is 0. The maximum absolute atomic E-state index is 12.7. The van der Waals surface area contributed by atoms with Crippen LogP contribution in [0.25, 0.3) is 0 Å². The molecule has 0 heterocycles. The van der Waals surface area contributed by atoms with Crippen LogP contribution in [0, 0.1) is 17.2 Å². The summed E-state index contributed by atoms with van der Waals surface area (Å²) in [5.74, 6) is -0.335. The summed E-state index contributed by atoms with van der Waals surface area (Å²) in [6.45, 7) is 8.01. The molecule has 0 bridgehead atoms. The Morgan fingerprint density at radius 2 is 2.00 bits per heavy atom. The van der Waals surface area contributed by atoms with Gasteiger partial charge in [0.25, 0.3) is 0 Å². The zero-order valence-corrected chi connectivity index (χ0v) is 12.2. The summed E-state index contributed by atoms with van der Waals surface area (Å²) in [7, 11) is -3.46. The number of nitrogens with zero attached hydrogens (tertiary/aromatic N) is 2. The third kappa shape index (κ3) is 2.11. The van der Waals surface area contributed by atoms with Crippen molar-refractivity contribution in [1.29, 1.82) is 5.26 Å². The number of nitriles is 1. The van der Waals surface area contributed by atoms with E-state index in [1.807, 2.05) is 13.8 Å². The fourth-order valence-corrected chi connectivity index (χ4v) is 4.29. The quantitative estimate of drug-likeness (QED) is 0.784. The van der Waals surface area contributed by atoms with Crippen LogP contribution in [0.2, 0.25) is 0 Å². The van der Waals surface area contributed by atoms with Crippen molar-refractivity contribution >= 4 is 10.0 Å². The van der Waals surface area contributed by atoms with Crippen molar-refractivity contribution in [3.8, 4) is 6.07 Å². The lowest BCUT2D eigenvalue weighted by molar-refractivity contribution is 0.405. The monoisotopic (exact) mass is 268 g/mol. The fourth-order valence-electron chi connectivity index (χ4n) is 2.23. The third-order valence-corrected chi connectivity index (χ3v) is 6.56. The van der Waals surface area contributed by atoms with Gasteiger partial charge in [-0.25, -0.2) is 12.7 Å². The molecule has 0 amide bonds. The molecule has 0 saturated heterocycles. The highest BCUT2D eigenvalue weighted by atomic mass is 32.2. The highest BCUT2D eigenvalue weighted by Crippen LogP contribution is 2.37. The molecule has 0 aliphatic heterocycles. The minimum atomic E-state index is -3.46. The zero-order chi connectivity index (χ0) is 14.0. The van der Waals surface area contributed by atoms with Gasteiger partial charge >= 0.3 is 0 Å². The predicted molar refractivity (Wildman–Crippen MR) is 72.2 cm³/mol. The second-order valence-electron chi connectivity index (χ2n) is 4.59. The summed E-state index contributed by atoms with van der Waals surface area (Å²) in [6.07, 6.45) is 5.04. The van der Waals surface area contributed by atoms with Gasteiger partial charge in [-0.15, -0.1) is 0 Å². The van der Waals surface area contributed by atoms with Gasteiger partial charge in [0, 0.05) is 24.6 Å². The second-order valence-corrected chi connectivity index (χ2v) is 6.93. The second kappa shape index (κ2) is 5.25. The highest BCUT2D eigenvalue weighted by molar-refractivity contribution is 7.90. The van der Waals surface area contributed by atoms with Gasteiger partial charge in [0.1, 0.15) is 4.75 Å². The molecule has 0 spiro atoms. The first-order valence-corrected chi connectivity index (χ1v) is 7.58. The van der Waals surface area contributed by atoms with Gasteiger partial charge in [0.05, 0.1) is 6.07 Å². The lowest BCUT2D eigenvalue weighted by atomic mass is 9.84. The largest absolute Gasteiger partial charge is 0.223 e. The van der Waals surface area contributed by atoms with Crippen LogP contribution in [0.5, 0.6) is 0 Å². The first-order chi connectivity index (χ1) is 8.35. The number of rotatable bonds is 4. The van der Waals surface area contributed by atoms with Gasteiger partial charge in [0.15, 0.2) is 0 Å². The van der Waals surface area contributed by atoms with E-state index in [4.69, 9.17) is 5.26 Å². The zero-order valence-electron chi connectivity index (χ0n) is 11.3. The number of hydrogen-bond donors (Lipinski definition) is 0. The first-order valence-electron chi connectivity index (χ1n) is 6.14. The van der Waals surface area contributed by atoms with E-state index in [0.717, 1.165) is 0 Å². The summed E-state index contributed by atoms with van der Waals surface area (Å²) in [5, 5.41) is 9.05. The molecule has 0 aromatic rings. The van der Waals surface area contributed by atoms with Crippen LogP contribution >= 0.6 is 0 Å². The predicted octanol–water partition coefficient (Wildman–Crippen LogP) is 2.07. The third-order valence-electron chi connectivity index (χ3n) is 3.76. The summed E-state index contributed by atoms with van der Waals surface area (Å²) >= 11 is 0. The molecule has 0 saturated carbocycles. The Bertz CT molecular complexity index is 510. The molecule has 0 radical (unpaired) electrons. The van der Waals surface area contributed by atoms with E-state index in [2.05, 4.69) is 6.07 Å². The normalized spacial score (nSPS) is 28.0. The molecule has 0 fully saturated rings. The molecule has 1 aliphatic rings. The average molecular weight is 268 g/mol. The Hall–Kier alpha value is -1.12. The molecule has 0 aromatic heterocycles. The summed E-state index contributed by atoms with van der Waals surface area (Å²) in [5.41, 5.74) is 0.510. The van der Waals surface area contributed by atoms with E-state index in [1.165, 1.54) is 4.31 Å². The Balaban J connectivity index is 3.29. The van der Waals surface area contributed by atoms with Gasteiger partial charge in [-0.1, -0.05) is 32.9 Å². The maximum Gasteiger partial charge on any atom is 0.223 e. The molecule has 4 nitrogen and oxygen atoms in total. The maximum atomic E-state index is 12.7. The van der Waals surface area contributed by atoms with Crippen LogP contribution in [0.3, 0.4) is 0 Å². The van der Waals surface area contributed by atoms with Crippen molar-refractivity contribution in [3.05, 3.63) is 23.8 Å². The molecule has 2 unspecified atom stereocenters. The molecule has 5 heteroatoms. The molecular weight excluding hydrogens is 248 g/mol. The van der Waals surface area contributed by atoms with Crippen LogP contribution < -0.4 is 0 Å². The lowest BCUT2D eigenvalue weighted by Crippen LogP contribution is -2.50. The molecule has 100 valence electrons. The number of allylic oxidation sites excluding steroid dienone is 3. The van der Waals surface area contributed by atoms with Crippen LogP contribution in [0.4, 0.5) is 0 Å². The molecule has 0 N–H and O–H groups in total. The first kappa shape index (κ1) is 14.9. The van der Waals surface area contributed by atoms with Crippen LogP contribution in [-0.2, 0) is 10.0 Å². The minimum absolute atomic E-state index is 0.335. The Kier molecular flexibility index (Phi) is 4.36. The molecule has 1 rings (SSSR count). The molecule has 1 aliphatic carbocycles. The van der Waals surface area contributed by atoms with E-state index in [-0.39, 0.29) is 5.92 Å². The van der Waals surface area contributed by atoms with E-state index < -0.39 is 14.8 Å². The molecule has 2 atom stereocenters. The van der Waals surface area contributed by atoms with Gasteiger partial charge in [-0.05, 0) is 13.0 Å². The van der Waals surface area contributed by atoms with Crippen molar-refractivity contribution in [1.82, 2.24) is 4.31 Å². The van der Waals surface area contributed by atoms with Crippen molar-refractivity contribution in [3.63, 3.8) is 0 Å². The Morgan fingerprint density at radius 1 is 1.44 bits per heavy atom. The van der Waals surface area contributed by atoms with Crippen molar-refractivity contribution in [2.75, 3.05) is 13.1 Å². The van der Waals surface area contributed by atoms with Gasteiger partial charge < -0.3 is 0 Å². The van der Waals surface area contributed by atoms with Crippen molar-refractivity contribution in [2.45, 2.75) is 32.4 Å². The highest BCUT2D eigenvalue weighted by Gasteiger charge is 2.46. The molecular formula is C13H20N2O2S. The SMILES string of the molecule is CCN(CC)S(=O)(=O)C1(C)C=CC=C(C#N)C1C. The molecule has 0 aromatic carbocycles. The fraction of sp³-hybridized carbons (Fsp3) is 0.615. The molecule has 18 heavy (non-hydrogen) atoms. The van der Waals surface area contributed by atoms with E-state index in [0.29, 0.717) is 18.7 Å². The number of sulfonamides is 1. The lowest BCUT2D eigenvalue weighted by Gasteiger charge is -2.37. The van der Waals surface area contributed by atoms with E-state index in [9.17, 15) is 8.42 Å². The van der Waals surface area contributed by atoms with Crippen molar-refractivity contribution in [2.24, 2.45) is 5.92 Å². The minimum Gasteiger partial charge on any atom is -0.211 e. The van der Waals surface area contributed by atoms with Crippen LogP contribution in [0.1, 0.15) is 27.7 Å². The average Bonchev–Trinajstić information content (AvgIpc) is 2.33. The topological polar surface area (TPSA) is 61.2 Å². The van der Waals surface area contributed by atoms with Gasteiger partial charge in [-0.3, -0.25) is 0 Å². The van der Waals surface area contributed by atoms with Crippen LogP contribution in [-0.4, -0.2) is 30.6 Å². The summed E-state index contributed by atoms with van der Waals surface area (Å²) in [6, 6.07) is 2.08. The van der Waals surface area contributed by atoms with Crippen molar-refractivity contribution < 1.29 is 8.42 Å². The van der Waals surface area contributed by atoms with E-state index in [1.54, 1.807) is 32.1 Å². The van der Waals surface area contributed by atoms with Crippen LogP contribution in [0.15, 0.2) is 23.8 Å². The van der Waals surface area contributed by atoms with E-state index >= 15 is 0 Å². The Morgan fingerprint density at radius 3 is 2.44 bits per heavy atom. The number of hydrogen-bond acceptors (Lipinski definition) is 3. The Labute approximate surface area is 110 Å². The standard InChI is InChI=1S/C13H20N2O2S/c1-5-15(6-2)18(16,17)13(4)9-7-8-12(10-14)11(13)3/h7-9,11H,5-6H2,1-4H3.